The molecule has 0 saturated heterocycles. The molecule has 1 radical (unpaired) electrons. The molecule has 0 aliphatic heterocycles. The number of hydrogen-bond donors (Lipinski definition) is 1. The summed E-state index contributed by atoms with van der Waals surface area (Å²) in [6, 6.07) is 0. The fourth-order valence-electron chi connectivity index (χ4n) is 0.0913. The van der Waals surface area contributed by atoms with E-state index in [0.29, 0.717) is 6.42 Å². The third kappa shape index (κ3) is 2.49. The van der Waals surface area contributed by atoms with E-state index in [1.165, 1.54) is 0 Å². The average molecular weight is 108 g/mol. The Bertz CT molecular complexity index is 26.7. The summed E-state index contributed by atoms with van der Waals surface area (Å²) in [6.45, 7) is 3.50. The molecule has 0 aromatic heterocycles. The second-order valence-electron chi connectivity index (χ2n) is 1.07. The van der Waals surface area contributed by atoms with Crippen LogP contribution in [0.4, 0.5) is 0 Å². The topological polar surface area (TPSA) is 20.2 Å². The van der Waals surface area contributed by atoms with Crippen LogP contribution in [0.5, 0.6) is 0 Å². The van der Waals surface area contributed by atoms with Gasteiger partial charge in [0.05, 0.1) is 12.0 Å². The molecule has 0 bridgehead atoms. The molecule has 0 heterocycles. The molecular weight excluding hydrogens is 99.5 g/mol. The zero-order valence-electron chi connectivity index (χ0n) is 3.52. The van der Waals surface area contributed by atoms with Crippen molar-refractivity contribution in [1.82, 2.24) is 0 Å². The van der Waals surface area contributed by atoms with Gasteiger partial charge >= 0.3 is 0 Å². The Morgan fingerprint density at radius 3 is 2.33 bits per heavy atom. The molecule has 1 atom stereocenters. The van der Waals surface area contributed by atoms with Crippen LogP contribution in [0.25, 0.3) is 0 Å². The van der Waals surface area contributed by atoms with Gasteiger partial charge in [0.15, 0.2) is 0 Å². The van der Waals surface area contributed by atoms with E-state index in [4.69, 9.17) is 16.7 Å². The molecule has 1 nitrogen and oxygen atoms in total. The van der Waals surface area contributed by atoms with Crippen LogP contribution in [0, 0.1) is 6.92 Å². The first-order valence-electron chi connectivity index (χ1n) is 1.85. The van der Waals surface area contributed by atoms with Crippen LogP contribution in [0.3, 0.4) is 0 Å². The van der Waals surface area contributed by atoms with E-state index in [-0.39, 0.29) is 12.0 Å². The Labute approximate surface area is 42.9 Å². The Morgan fingerprint density at radius 2 is 2.33 bits per heavy atom. The van der Waals surface area contributed by atoms with Crippen molar-refractivity contribution < 1.29 is 5.11 Å². The number of hydrogen-bond acceptors (Lipinski definition) is 1. The lowest BCUT2D eigenvalue weighted by Gasteiger charge is -1.95. The van der Waals surface area contributed by atoms with Gasteiger partial charge in [0.25, 0.3) is 0 Å². The predicted molar refractivity (Wildman–Crippen MR) is 26.7 cm³/mol. The summed E-state index contributed by atoms with van der Waals surface area (Å²) >= 11 is 5.34. The molecule has 0 saturated carbocycles. The highest BCUT2D eigenvalue weighted by molar-refractivity contribution is 6.20. The molecule has 0 amide bonds. The van der Waals surface area contributed by atoms with E-state index in [1.807, 2.05) is 0 Å². The fourth-order valence-corrected chi connectivity index (χ4v) is 0.0913. The third-order valence-electron chi connectivity index (χ3n) is 0.511. The number of aliphatic hydroxyl groups excluding tert-OH is 1. The average Bonchev–Trinajstić information content (AvgIpc) is 1.65. The molecule has 0 fully saturated rings. The standard InChI is InChI=1S/C4H8ClO/c1-2-4(5)3-6/h4,6H,1-3H2. The van der Waals surface area contributed by atoms with Gasteiger partial charge in [-0.3, -0.25) is 0 Å². The maximum atomic E-state index is 8.16. The fraction of sp³-hybridized carbons (Fsp3) is 0.750. The van der Waals surface area contributed by atoms with E-state index < -0.39 is 0 Å². The first-order valence-corrected chi connectivity index (χ1v) is 2.29. The monoisotopic (exact) mass is 107 g/mol. The highest BCUT2D eigenvalue weighted by Crippen LogP contribution is 1.96. The molecule has 37 valence electrons. The van der Waals surface area contributed by atoms with Crippen LogP contribution in [0.1, 0.15) is 6.42 Å². The van der Waals surface area contributed by atoms with Crippen molar-refractivity contribution >= 4 is 11.6 Å². The van der Waals surface area contributed by atoms with Gasteiger partial charge in [0.1, 0.15) is 0 Å². The van der Waals surface area contributed by atoms with Gasteiger partial charge in [-0.15, -0.1) is 11.6 Å². The summed E-state index contributed by atoms with van der Waals surface area (Å²) in [5, 5.41) is 8.01. The van der Waals surface area contributed by atoms with Crippen LogP contribution in [-0.2, 0) is 0 Å². The number of rotatable bonds is 2. The summed E-state index contributed by atoms with van der Waals surface area (Å²) in [6.07, 6.45) is 0.595. The van der Waals surface area contributed by atoms with Gasteiger partial charge in [-0.05, 0) is 6.42 Å². The SMILES string of the molecule is [CH2]CC(Cl)CO. The van der Waals surface area contributed by atoms with Gasteiger partial charge in [-0.25, -0.2) is 0 Å². The van der Waals surface area contributed by atoms with Crippen molar-refractivity contribution in [2.75, 3.05) is 6.61 Å². The van der Waals surface area contributed by atoms with Gasteiger partial charge in [-0.2, -0.15) is 0 Å². The van der Waals surface area contributed by atoms with Gasteiger partial charge in [-0.1, -0.05) is 6.92 Å². The predicted octanol–water partition coefficient (Wildman–Crippen LogP) is 0.810. The molecule has 0 aliphatic rings. The number of alkyl halides is 1. The van der Waals surface area contributed by atoms with Crippen molar-refractivity contribution in [3.63, 3.8) is 0 Å². The molecule has 1 N–H and O–H groups in total. The molecule has 0 aliphatic carbocycles. The molecule has 2 heteroatoms. The van der Waals surface area contributed by atoms with Crippen LogP contribution in [0.2, 0.25) is 0 Å². The van der Waals surface area contributed by atoms with Crippen molar-refractivity contribution in [1.29, 1.82) is 0 Å². The van der Waals surface area contributed by atoms with Crippen LogP contribution in [0.15, 0.2) is 0 Å². The summed E-state index contributed by atoms with van der Waals surface area (Å²) in [4.78, 5) is 0. The smallest absolute Gasteiger partial charge is 0.0595 e. The number of aliphatic hydroxyl groups is 1. The molecule has 0 aromatic rings. The van der Waals surface area contributed by atoms with Crippen molar-refractivity contribution in [2.24, 2.45) is 0 Å². The summed E-state index contributed by atoms with van der Waals surface area (Å²) in [5.74, 6) is 0. The van der Waals surface area contributed by atoms with E-state index >= 15 is 0 Å². The zero-order chi connectivity index (χ0) is 4.99. The van der Waals surface area contributed by atoms with Crippen LogP contribution >= 0.6 is 11.6 Å². The highest BCUT2D eigenvalue weighted by Gasteiger charge is 1.93. The minimum absolute atomic E-state index is 0.0328. The highest BCUT2D eigenvalue weighted by atomic mass is 35.5. The summed E-state index contributed by atoms with van der Waals surface area (Å²) in [7, 11) is 0. The second-order valence-corrected chi connectivity index (χ2v) is 1.69. The van der Waals surface area contributed by atoms with Crippen LogP contribution in [-0.4, -0.2) is 17.1 Å². The Morgan fingerprint density at radius 1 is 1.83 bits per heavy atom. The zero-order valence-corrected chi connectivity index (χ0v) is 4.28. The maximum Gasteiger partial charge on any atom is 0.0595 e. The van der Waals surface area contributed by atoms with E-state index in [0.717, 1.165) is 0 Å². The molecule has 6 heavy (non-hydrogen) atoms. The normalized spacial score (nSPS) is 14.5. The van der Waals surface area contributed by atoms with E-state index in [1.54, 1.807) is 0 Å². The van der Waals surface area contributed by atoms with E-state index in [2.05, 4.69) is 6.92 Å². The van der Waals surface area contributed by atoms with Crippen LogP contribution < -0.4 is 0 Å². The van der Waals surface area contributed by atoms with Crippen molar-refractivity contribution in [2.45, 2.75) is 11.8 Å². The molecule has 1 unspecified atom stereocenters. The molecule has 0 aromatic carbocycles. The molecule has 0 spiro atoms. The molecule has 0 rings (SSSR count). The lowest BCUT2D eigenvalue weighted by atomic mass is 10.4. The first-order chi connectivity index (χ1) is 2.81. The third-order valence-corrected chi connectivity index (χ3v) is 0.868. The Balaban J connectivity index is 2.75. The first kappa shape index (κ1) is 6.25. The molecular formula is C4H8ClO. The van der Waals surface area contributed by atoms with Gasteiger partial charge in [0, 0.05) is 0 Å². The lowest BCUT2D eigenvalue weighted by molar-refractivity contribution is 0.293. The quantitative estimate of drug-likeness (QED) is 0.518. The Hall–Kier alpha value is 0.250. The Kier molecular flexibility index (Phi) is 3.58. The minimum Gasteiger partial charge on any atom is -0.395 e. The van der Waals surface area contributed by atoms with Crippen molar-refractivity contribution in [3.05, 3.63) is 6.92 Å². The summed E-state index contributed by atoms with van der Waals surface area (Å²) in [5.41, 5.74) is 0. The maximum absolute atomic E-state index is 8.16. The van der Waals surface area contributed by atoms with Gasteiger partial charge < -0.3 is 5.11 Å². The largest absolute Gasteiger partial charge is 0.395 e. The lowest BCUT2D eigenvalue weighted by Crippen LogP contribution is -2.00. The minimum atomic E-state index is -0.148. The second kappa shape index (κ2) is 3.44. The van der Waals surface area contributed by atoms with E-state index in [9.17, 15) is 0 Å². The number of halogens is 1. The van der Waals surface area contributed by atoms with Gasteiger partial charge in [0.2, 0.25) is 0 Å². The van der Waals surface area contributed by atoms with Crippen molar-refractivity contribution in [3.8, 4) is 0 Å². The summed E-state index contributed by atoms with van der Waals surface area (Å²) < 4.78 is 0.